The molecule has 5 heteroatoms. The Morgan fingerprint density at radius 3 is 2.00 bits per heavy atom. The van der Waals surface area contributed by atoms with Gasteiger partial charge in [-0.15, -0.1) is 0 Å². The first kappa shape index (κ1) is 17.0. The molecule has 126 valence electrons. The summed E-state index contributed by atoms with van der Waals surface area (Å²) in [7, 11) is 1.47. The number of benzene rings is 2. The summed E-state index contributed by atoms with van der Waals surface area (Å²) in [5, 5.41) is 0.244. The van der Waals surface area contributed by atoms with Gasteiger partial charge in [-0.1, -0.05) is 72.3 Å². The van der Waals surface area contributed by atoms with Crippen molar-refractivity contribution in [2.45, 2.75) is 5.92 Å². The molecule has 0 spiro atoms. The number of aromatic nitrogens is 1. The standard InChI is InChI=1S/C20H17ClN2O2/c1-25-15-12-16(21)23-19(18(15)20(22)24)17(13-8-4-2-5-9-13)14-10-6-3-7-11-14/h2-12,17H,1H3,(H2,22,24). The van der Waals surface area contributed by atoms with Crippen molar-refractivity contribution in [3.63, 3.8) is 0 Å². The molecule has 4 nitrogen and oxygen atoms in total. The first-order valence-electron chi connectivity index (χ1n) is 7.76. The summed E-state index contributed by atoms with van der Waals surface area (Å²) >= 11 is 6.18. The lowest BCUT2D eigenvalue weighted by molar-refractivity contribution is 0.0996. The van der Waals surface area contributed by atoms with Crippen molar-refractivity contribution >= 4 is 17.5 Å². The number of nitrogens with zero attached hydrogens (tertiary/aromatic N) is 1. The van der Waals surface area contributed by atoms with E-state index in [-0.39, 0.29) is 16.6 Å². The topological polar surface area (TPSA) is 65.2 Å². The predicted octanol–water partition coefficient (Wildman–Crippen LogP) is 4.02. The number of carbonyl (C=O) groups excluding carboxylic acids is 1. The van der Waals surface area contributed by atoms with E-state index >= 15 is 0 Å². The van der Waals surface area contributed by atoms with Gasteiger partial charge >= 0.3 is 0 Å². The number of halogens is 1. The molecule has 0 fully saturated rings. The Hall–Kier alpha value is -2.85. The number of rotatable bonds is 5. The molecular weight excluding hydrogens is 336 g/mol. The summed E-state index contributed by atoms with van der Waals surface area (Å²) in [6.07, 6.45) is 0. The van der Waals surface area contributed by atoms with Gasteiger partial charge in [0.2, 0.25) is 0 Å². The van der Waals surface area contributed by atoms with Crippen molar-refractivity contribution in [3.05, 3.63) is 94.3 Å². The number of amides is 1. The minimum absolute atomic E-state index is 0.240. The summed E-state index contributed by atoms with van der Waals surface area (Å²) in [6.45, 7) is 0. The Bertz CT molecular complexity index is 843. The smallest absolute Gasteiger partial charge is 0.254 e. The summed E-state index contributed by atoms with van der Waals surface area (Å²) in [4.78, 5) is 16.6. The number of hydrogen-bond donors (Lipinski definition) is 1. The normalized spacial score (nSPS) is 10.7. The molecule has 3 rings (SSSR count). The molecule has 0 radical (unpaired) electrons. The first-order chi connectivity index (χ1) is 12.1. The zero-order valence-corrected chi connectivity index (χ0v) is 14.4. The lowest BCUT2D eigenvalue weighted by atomic mass is 9.86. The molecule has 0 aliphatic carbocycles. The van der Waals surface area contributed by atoms with Gasteiger partial charge in [0.1, 0.15) is 16.5 Å². The van der Waals surface area contributed by atoms with E-state index < -0.39 is 5.91 Å². The highest BCUT2D eigenvalue weighted by molar-refractivity contribution is 6.29. The maximum absolute atomic E-state index is 12.1. The van der Waals surface area contributed by atoms with Crippen molar-refractivity contribution in [1.82, 2.24) is 4.98 Å². The van der Waals surface area contributed by atoms with Crippen LogP contribution in [0.4, 0.5) is 0 Å². The zero-order valence-electron chi connectivity index (χ0n) is 13.6. The van der Waals surface area contributed by atoms with E-state index in [2.05, 4.69) is 4.98 Å². The fourth-order valence-electron chi connectivity index (χ4n) is 2.93. The molecule has 0 unspecified atom stereocenters. The molecule has 0 saturated carbocycles. The second-order valence-electron chi connectivity index (χ2n) is 5.53. The van der Waals surface area contributed by atoms with Crippen LogP contribution in [0.1, 0.15) is 33.1 Å². The molecule has 3 aromatic rings. The third kappa shape index (κ3) is 3.49. The highest BCUT2D eigenvalue weighted by atomic mass is 35.5. The van der Waals surface area contributed by atoms with Crippen LogP contribution < -0.4 is 10.5 Å². The van der Waals surface area contributed by atoms with Crippen molar-refractivity contribution in [2.24, 2.45) is 5.73 Å². The second kappa shape index (κ2) is 7.36. The van der Waals surface area contributed by atoms with Crippen LogP contribution in [0.15, 0.2) is 66.7 Å². The van der Waals surface area contributed by atoms with Gasteiger partial charge in [-0.3, -0.25) is 4.79 Å². The van der Waals surface area contributed by atoms with Gasteiger partial charge in [-0.2, -0.15) is 0 Å². The van der Waals surface area contributed by atoms with E-state index in [1.165, 1.54) is 13.2 Å². The highest BCUT2D eigenvalue weighted by Gasteiger charge is 2.27. The van der Waals surface area contributed by atoms with Crippen LogP contribution in [-0.2, 0) is 0 Å². The van der Waals surface area contributed by atoms with Crippen molar-refractivity contribution in [3.8, 4) is 5.75 Å². The Kier molecular flexibility index (Phi) is 5.00. The molecule has 0 atom stereocenters. The SMILES string of the molecule is COc1cc(Cl)nc(C(c2ccccc2)c2ccccc2)c1C(N)=O. The second-order valence-corrected chi connectivity index (χ2v) is 5.91. The molecule has 0 saturated heterocycles. The maximum atomic E-state index is 12.1. The van der Waals surface area contributed by atoms with Gasteiger partial charge < -0.3 is 10.5 Å². The van der Waals surface area contributed by atoms with Crippen LogP contribution in [-0.4, -0.2) is 18.0 Å². The molecular formula is C20H17ClN2O2. The molecule has 1 aromatic heterocycles. The number of nitrogens with two attached hydrogens (primary N) is 1. The number of ether oxygens (including phenoxy) is 1. The van der Waals surface area contributed by atoms with Gasteiger partial charge in [0, 0.05) is 6.07 Å². The van der Waals surface area contributed by atoms with Gasteiger partial charge in [-0.05, 0) is 11.1 Å². The van der Waals surface area contributed by atoms with E-state index in [1.807, 2.05) is 60.7 Å². The largest absolute Gasteiger partial charge is 0.496 e. The van der Waals surface area contributed by atoms with E-state index in [1.54, 1.807) is 0 Å². The average Bonchev–Trinajstić information content (AvgIpc) is 2.63. The Morgan fingerprint density at radius 1 is 1.04 bits per heavy atom. The molecule has 0 bridgehead atoms. The first-order valence-corrected chi connectivity index (χ1v) is 8.13. The molecule has 2 aromatic carbocycles. The third-order valence-electron chi connectivity index (χ3n) is 3.99. The van der Waals surface area contributed by atoms with Crippen molar-refractivity contribution in [1.29, 1.82) is 0 Å². The minimum Gasteiger partial charge on any atom is -0.496 e. The fourth-order valence-corrected chi connectivity index (χ4v) is 3.12. The lowest BCUT2D eigenvalue weighted by Gasteiger charge is -2.21. The monoisotopic (exact) mass is 352 g/mol. The van der Waals surface area contributed by atoms with Crippen LogP contribution in [0.5, 0.6) is 5.75 Å². The van der Waals surface area contributed by atoms with E-state index in [4.69, 9.17) is 22.1 Å². The van der Waals surface area contributed by atoms with Crippen LogP contribution in [0.25, 0.3) is 0 Å². The predicted molar refractivity (Wildman–Crippen MR) is 98.1 cm³/mol. The van der Waals surface area contributed by atoms with Gasteiger partial charge in [0.15, 0.2) is 0 Å². The molecule has 1 amide bonds. The maximum Gasteiger partial charge on any atom is 0.254 e. The Balaban J connectivity index is 2.31. The van der Waals surface area contributed by atoms with Gasteiger partial charge in [0.05, 0.1) is 18.7 Å². The van der Waals surface area contributed by atoms with E-state index in [0.29, 0.717) is 11.4 Å². The summed E-state index contributed by atoms with van der Waals surface area (Å²) < 4.78 is 5.32. The van der Waals surface area contributed by atoms with Gasteiger partial charge in [0.25, 0.3) is 5.91 Å². The van der Waals surface area contributed by atoms with Crippen LogP contribution in [0, 0.1) is 0 Å². The Morgan fingerprint density at radius 2 is 1.56 bits per heavy atom. The number of primary amides is 1. The Labute approximate surface area is 151 Å². The van der Waals surface area contributed by atoms with Gasteiger partial charge in [-0.25, -0.2) is 4.98 Å². The van der Waals surface area contributed by atoms with Crippen molar-refractivity contribution < 1.29 is 9.53 Å². The fraction of sp³-hybridized carbons (Fsp3) is 0.100. The average molecular weight is 353 g/mol. The van der Waals surface area contributed by atoms with E-state index in [0.717, 1.165) is 11.1 Å². The lowest BCUT2D eigenvalue weighted by Crippen LogP contribution is -2.19. The third-order valence-corrected chi connectivity index (χ3v) is 4.18. The van der Waals surface area contributed by atoms with Crippen molar-refractivity contribution in [2.75, 3.05) is 7.11 Å². The summed E-state index contributed by atoms with van der Waals surface area (Å²) in [6, 6.07) is 21.1. The van der Waals surface area contributed by atoms with Crippen LogP contribution >= 0.6 is 11.6 Å². The number of carbonyl (C=O) groups is 1. The molecule has 25 heavy (non-hydrogen) atoms. The highest BCUT2D eigenvalue weighted by Crippen LogP contribution is 2.36. The molecule has 0 aliphatic rings. The number of pyridine rings is 1. The quantitative estimate of drug-likeness (QED) is 0.705. The molecule has 2 N–H and O–H groups in total. The summed E-state index contributed by atoms with van der Waals surface area (Å²) in [5.74, 6) is -0.579. The van der Waals surface area contributed by atoms with Crippen LogP contribution in [0.2, 0.25) is 5.15 Å². The van der Waals surface area contributed by atoms with Crippen LogP contribution in [0.3, 0.4) is 0 Å². The minimum atomic E-state index is -0.604. The number of methoxy groups -OCH3 is 1. The molecule has 1 heterocycles. The molecule has 0 aliphatic heterocycles. The summed E-state index contributed by atoms with van der Waals surface area (Å²) in [5.41, 5.74) is 8.31. The van der Waals surface area contributed by atoms with E-state index in [9.17, 15) is 4.79 Å². The zero-order chi connectivity index (χ0) is 17.8. The number of hydrogen-bond acceptors (Lipinski definition) is 3.